The molecule has 1 aromatic rings. The van der Waals surface area contributed by atoms with Crippen LogP contribution in [0.2, 0.25) is 0 Å². The molecule has 1 aliphatic rings. The molecule has 1 heterocycles. The number of carbonyl (C=O) groups excluding carboxylic acids is 2. The number of hydrogen-bond acceptors (Lipinski definition) is 3. The summed E-state index contributed by atoms with van der Waals surface area (Å²) in [5, 5.41) is 11.6. The van der Waals surface area contributed by atoms with Crippen molar-refractivity contribution in [2.75, 3.05) is 18.4 Å². The molecule has 1 atom stereocenters. The summed E-state index contributed by atoms with van der Waals surface area (Å²) < 4.78 is 51.5. The van der Waals surface area contributed by atoms with E-state index in [1.54, 1.807) is 0 Å². The standard InChI is InChI=1S/C15H16F4N2O3/c1-2-21(7-12(22)15(17,18)19)14(24)9-5-8-3-4-13(23)20-11(8)6-10(9)16/h5-6,12,22H,2-4,7H2,1H3,(H,20,23). The number of aliphatic hydroxyl groups excluding tert-OH is 1. The van der Waals surface area contributed by atoms with Crippen molar-refractivity contribution in [2.24, 2.45) is 0 Å². The maximum absolute atomic E-state index is 14.1. The lowest BCUT2D eigenvalue weighted by atomic mass is 9.99. The molecule has 0 aliphatic carbocycles. The third-order valence-electron chi connectivity index (χ3n) is 3.76. The monoisotopic (exact) mass is 348 g/mol. The molecule has 0 spiro atoms. The highest BCUT2D eigenvalue weighted by molar-refractivity contribution is 5.98. The Labute approximate surface area is 135 Å². The highest BCUT2D eigenvalue weighted by Crippen LogP contribution is 2.27. The van der Waals surface area contributed by atoms with Crippen LogP contribution in [0.3, 0.4) is 0 Å². The predicted octanol–water partition coefficient (Wildman–Crippen LogP) is 2.10. The summed E-state index contributed by atoms with van der Waals surface area (Å²) in [5.74, 6) is -2.16. The average Bonchev–Trinajstić information content (AvgIpc) is 2.49. The van der Waals surface area contributed by atoms with Gasteiger partial charge in [0.25, 0.3) is 5.91 Å². The summed E-state index contributed by atoms with van der Waals surface area (Å²) >= 11 is 0. The first-order chi connectivity index (χ1) is 11.1. The van der Waals surface area contributed by atoms with Crippen molar-refractivity contribution >= 4 is 17.5 Å². The molecule has 132 valence electrons. The van der Waals surface area contributed by atoms with Crippen LogP contribution in [0, 0.1) is 5.82 Å². The van der Waals surface area contributed by atoms with E-state index in [2.05, 4.69) is 5.32 Å². The van der Waals surface area contributed by atoms with Crippen molar-refractivity contribution in [1.82, 2.24) is 4.90 Å². The first-order valence-electron chi connectivity index (χ1n) is 7.29. The van der Waals surface area contributed by atoms with Gasteiger partial charge >= 0.3 is 6.18 Å². The summed E-state index contributed by atoms with van der Waals surface area (Å²) in [4.78, 5) is 24.3. The largest absolute Gasteiger partial charge is 0.416 e. The molecule has 0 saturated heterocycles. The van der Waals surface area contributed by atoms with Gasteiger partial charge in [-0.25, -0.2) is 4.39 Å². The number of aliphatic hydroxyl groups is 1. The van der Waals surface area contributed by atoms with Gasteiger partial charge in [-0.15, -0.1) is 0 Å². The van der Waals surface area contributed by atoms with Gasteiger partial charge in [-0.1, -0.05) is 0 Å². The van der Waals surface area contributed by atoms with Crippen molar-refractivity contribution in [2.45, 2.75) is 32.0 Å². The van der Waals surface area contributed by atoms with E-state index in [9.17, 15) is 27.2 Å². The van der Waals surface area contributed by atoms with Gasteiger partial charge in [0.1, 0.15) is 5.82 Å². The second-order valence-corrected chi connectivity index (χ2v) is 5.44. The van der Waals surface area contributed by atoms with E-state index in [0.717, 1.165) is 11.0 Å². The van der Waals surface area contributed by atoms with Gasteiger partial charge in [0.2, 0.25) is 5.91 Å². The van der Waals surface area contributed by atoms with E-state index < -0.39 is 30.5 Å². The van der Waals surface area contributed by atoms with E-state index in [1.807, 2.05) is 0 Å². The zero-order valence-electron chi connectivity index (χ0n) is 12.8. The molecule has 5 nitrogen and oxygen atoms in total. The Morgan fingerprint density at radius 1 is 1.38 bits per heavy atom. The number of fused-ring (bicyclic) bond motifs is 1. The van der Waals surface area contributed by atoms with E-state index >= 15 is 0 Å². The first kappa shape index (κ1) is 18.2. The van der Waals surface area contributed by atoms with Crippen LogP contribution in [0.5, 0.6) is 0 Å². The Hall–Kier alpha value is -2.16. The van der Waals surface area contributed by atoms with Crippen LogP contribution in [0.25, 0.3) is 0 Å². The fourth-order valence-electron chi connectivity index (χ4n) is 2.40. The van der Waals surface area contributed by atoms with Gasteiger partial charge in [-0.3, -0.25) is 9.59 Å². The third-order valence-corrected chi connectivity index (χ3v) is 3.76. The predicted molar refractivity (Wildman–Crippen MR) is 77.0 cm³/mol. The fraction of sp³-hybridized carbons (Fsp3) is 0.467. The van der Waals surface area contributed by atoms with E-state index in [0.29, 0.717) is 12.0 Å². The summed E-state index contributed by atoms with van der Waals surface area (Å²) in [7, 11) is 0. The molecule has 0 bridgehead atoms. The van der Waals surface area contributed by atoms with E-state index in [1.165, 1.54) is 13.0 Å². The number of anilines is 1. The van der Waals surface area contributed by atoms with Crippen molar-refractivity contribution in [1.29, 1.82) is 0 Å². The molecule has 1 aromatic carbocycles. The number of alkyl halides is 3. The number of aryl methyl sites for hydroxylation is 1. The Bertz CT molecular complexity index is 661. The maximum Gasteiger partial charge on any atom is 0.416 e. The fourth-order valence-corrected chi connectivity index (χ4v) is 2.40. The van der Waals surface area contributed by atoms with Crippen LogP contribution in [0.15, 0.2) is 12.1 Å². The second-order valence-electron chi connectivity index (χ2n) is 5.44. The molecular formula is C15H16F4N2O3. The number of nitrogens with zero attached hydrogens (tertiary/aromatic N) is 1. The Kier molecular flexibility index (Phi) is 5.12. The number of amides is 2. The zero-order valence-corrected chi connectivity index (χ0v) is 12.8. The Balaban J connectivity index is 2.26. The van der Waals surface area contributed by atoms with Crippen LogP contribution in [-0.2, 0) is 11.2 Å². The first-order valence-corrected chi connectivity index (χ1v) is 7.29. The molecule has 0 fully saturated rings. The van der Waals surface area contributed by atoms with Gasteiger partial charge < -0.3 is 15.3 Å². The number of nitrogens with one attached hydrogen (secondary N) is 1. The highest BCUT2D eigenvalue weighted by atomic mass is 19.4. The number of halogens is 4. The van der Waals surface area contributed by atoms with Gasteiger partial charge in [-0.2, -0.15) is 13.2 Å². The summed E-state index contributed by atoms with van der Waals surface area (Å²) in [6.45, 7) is 0.322. The number of rotatable bonds is 4. The molecule has 1 aliphatic heterocycles. The van der Waals surface area contributed by atoms with Crippen molar-refractivity contribution in [3.63, 3.8) is 0 Å². The van der Waals surface area contributed by atoms with Crippen LogP contribution in [0.4, 0.5) is 23.2 Å². The van der Waals surface area contributed by atoms with Crippen molar-refractivity contribution in [3.05, 3.63) is 29.1 Å². The van der Waals surface area contributed by atoms with Crippen LogP contribution in [0.1, 0.15) is 29.3 Å². The molecule has 2 N–H and O–H groups in total. The average molecular weight is 348 g/mol. The second kappa shape index (κ2) is 6.76. The van der Waals surface area contributed by atoms with Gasteiger partial charge in [-0.05, 0) is 31.0 Å². The SMILES string of the molecule is CCN(CC(O)C(F)(F)F)C(=O)c1cc2c(cc1F)NC(=O)CC2. The molecule has 0 saturated carbocycles. The minimum Gasteiger partial charge on any atom is -0.382 e. The van der Waals surface area contributed by atoms with Gasteiger partial charge in [0, 0.05) is 18.7 Å². The molecule has 2 amide bonds. The molecule has 0 radical (unpaired) electrons. The van der Waals surface area contributed by atoms with Gasteiger partial charge in [0.15, 0.2) is 6.10 Å². The smallest absolute Gasteiger partial charge is 0.382 e. The minimum absolute atomic E-state index is 0.126. The number of hydrogen-bond donors (Lipinski definition) is 2. The molecular weight excluding hydrogens is 332 g/mol. The minimum atomic E-state index is -4.87. The Morgan fingerprint density at radius 3 is 2.62 bits per heavy atom. The highest BCUT2D eigenvalue weighted by Gasteiger charge is 2.40. The maximum atomic E-state index is 14.1. The third kappa shape index (κ3) is 3.84. The quantitative estimate of drug-likeness (QED) is 0.819. The van der Waals surface area contributed by atoms with E-state index in [4.69, 9.17) is 5.11 Å². The summed E-state index contributed by atoms with van der Waals surface area (Å²) in [5.41, 5.74) is 0.395. The van der Waals surface area contributed by atoms with Crippen molar-refractivity contribution < 1.29 is 32.3 Å². The molecule has 1 unspecified atom stereocenters. The van der Waals surface area contributed by atoms with Crippen LogP contribution < -0.4 is 5.32 Å². The molecule has 9 heteroatoms. The lowest BCUT2D eigenvalue weighted by Gasteiger charge is -2.26. The Morgan fingerprint density at radius 2 is 2.04 bits per heavy atom. The number of likely N-dealkylation sites (N-methyl/N-ethyl adjacent to an activating group) is 1. The lowest BCUT2D eigenvalue weighted by Crippen LogP contribution is -2.43. The number of benzene rings is 1. The topological polar surface area (TPSA) is 69.6 Å². The molecule has 0 aromatic heterocycles. The number of carbonyl (C=O) groups is 2. The van der Waals surface area contributed by atoms with Crippen molar-refractivity contribution in [3.8, 4) is 0 Å². The zero-order chi connectivity index (χ0) is 18.1. The normalized spacial score (nSPS) is 15.5. The van der Waals surface area contributed by atoms with Crippen LogP contribution >= 0.6 is 0 Å². The molecule has 2 rings (SSSR count). The summed E-state index contributed by atoms with van der Waals surface area (Å²) in [6.07, 6.45) is -7.09. The summed E-state index contributed by atoms with van der Waals surface area (Å²) in [6, 6.07) is 2.21. The van der Waals surface area contributed by atoms with E-state index in [-0.39, 0.29) is 30.1 Å². The van der Waals surface area contributed by atoms with Crippen LogP contribution in [-0.4, -0.2) is 47.2 Å². The lowest BCUT2D eigenvalue weighted by molar-refractivity contribution is -0.206. The van der Waals surface area contributed by atoms with Gasteiger partial charge in [0.05, 0.1) is 12.1 Å². The molecule has 24 heavy (non-hydrogen) atoms.